The molecular formula is C29H25N3O3. The fraction of sp³-hybridized carbons (Fsp3) is 0.138. The number of anilines is 1. The molecule has 0 spiro atoms. The van der Waals surface area contributed by atoms with Crippen molar-refractivity contribution in [1.29, 1.82) is 0 Å². The number of carbonyl (C=O) groups excluding carboxylic acids is 3. The molecule has 0 aliphatic carbocycles. The highest BCUT2D eigenvalue weighted by Gasteiger charge is 2.50. The molecule has 1 atom stereocenters. The van der Waals surface area contributed by atoms with Gasteiger partial charge in [0.1, 0.15) is 12.1 Å². The number of para-hydroxylation sites is 1. The van der Waals surface area contributed by atoms with Crippen molar-refractivity contribution in [3.8, 4) is 0 Å². The molecule has 2 N–H and O–H groups in total. The first-order valence-electron chi connectivity index (χ1n) is 11.5. The SMILES string of the molecule is CC1(c2cccc3ccccc23)NC(=O)N(CC(=O)Nc2ccccc2Cc2ccccc2)C1=O. The molecule has 4 aromatic carbocycles. The van der Waals surface area contributed by atoms with Crippen molar-refractivity contribution in [3.63, 3.8) is 0 Å². The standard InChI is InChI=1S/C29H25N3O3/c1-29(24-16-9-14-21-12-5-7-15-23(21)24)27(34)32(28(35)31-29)19-26(33)30-25-17-8-6-13-22(25)18-20-10-3-2-4-11-20/h2-17H,18-19H2,1H3,(H,30,33)(H,31,35). The Morgan fingerprint density at radius 3 is 2.37 bits per heavy atom. The molecule has 1 aliphatic heterocycles. The zero-order chi connectivity index (χ0) is 24.4. The van der Waals surface area contributed by atoms with Crippen molar-refractivity contribution in [1.82, 2.24) is 10.2 Å². The van der Waals surface area contributed by atoms with Crippen LogP contribution >= 0.6 is 0 Å². The highest BCUT2D eigenvalue weighted by atomic mass is 16.2. The second-order valence-electron chi connectivity index (χ2n) is 8.84. The summed E-state index contributed by atoms with van der Waals surface area (Å²) in [5.74, 6) is -0.886. The van der Waals surface area contributed by atoms with Crippen molar-refractivity contribution in [3.05, 3.63) is 114 Å². The minimum Gasteiger partial charge on any atom is -0.324 e. The van der Waals surface area contributed by atoms with Gasteiger partial charge in [-0.3, -0.25) is 14.5 Å². The molecular weight excluding hydrogens is 438 g/mol. The lowest BCUT2D eigenvalue weighted by Crippen LogP contribution is -2.42. The fourth-order valence-electron chi connectivity index (χ4n) is 4.63. The minimum atomic E-state index is -1.26. The van der Waals surface area contributed by atoms with Crippen LogP contribution in [-0.4, -0.2) is 29.3 Å². The molecule has 4 amide bonds. The largest absolute Gasteiger partial charge is 0.325 e. The van der Waals surface area contributed by atoms with E-state index in [1.54, 1.807) is 6.92 Å². The van der Waals surface area contributed by atoms with Crippen molar-refractivity contribution >= 4 is 34.3 Å². The number of nitrogens with one attached hydrogen (secondary N) is 2. The Bertz CT molecular complexity index is 1430. The Morgan fingerprint density at radius 1 is 0.857 bits per heavy atom. The molecule has 4 aromatic rings. The van der Waals surface area contributed by atoms with Crippen LogP contribution in [0.4, 0.5) is 10.5 Å². The Balaban J connectivity index is 1.35. The number of amides is 4. The van der Waals surface area contributed by atoms with Gasteiger partial charge >= 0.3 is 6.03 Å². The molecule has 1 aliphatic rings. The number of imide groups is 1. The van der Waals surface area contributed by atoms with E-state index in [1.807, 2.05) is 97.1 Å². The van der Waals surface area contributed by atoms with E-state index in [1.165, 1.54) is 0 Å². The summed E-state index contributed by atoms with van der Waals surface area (Å²) in [7, 11) is 0. The van der Waals surface area contributed by atoms with Crippen LogP contribution < -0.4 is 10.6 Å². The van der Waals surface area contributed by atoms with Gasteiger partial charge in [0.15, 0.2) is 0 Å². The molecule has 0 radical (unpaired) electrons. The first kappa shape index (κ1) is 22.3. The number of carbonyl (C=O) groups is 3. The molecule has 174 valence electrons. The first-order chi connectivity index (χ1) is 17.0. The average molecular weight is 464 g/mol. The van der Waals surface area contributed by atoms with Gasteiger partial charge < -0.3 is 10.6 Å². The number of fused-ring (bicyclic) bond motifs is 1. The summed E-state index contributed by atoms with van der Waals surface area (Å²) < 4.78 is 0. The molecule has 1 fully saturated rings. The molecule has 6 nitrogen and oxygen atoms in total. The van der Waals surface area contributed by atoms with Crippen molar-refractivity contribution in [2.24, 2.45) is 0 Å². The summed E-state index contributed by atoms with van der Waals surface area (Å²) in [5, 5.41) is 7.55. The highest BCUT2D eigenvalue weighted by Crippen LogP contribution is 2.33. The maximum atomic E-state index is 13.4. The molecule has 6 heteroatoms. The Kier molecular flexibility index (Phi) is 5.79. The van der Waals surface area contributed by atoms with Crippen molar-refractivity contribution in [2.45, 2.75) is 18.9 Å². The number of urea groups is 1. The van der Waals surface area contributed by atoms with Crippen LogP contribution in [0.25, 0.3) is 10.8 Å². The lowest BCUT2D eigenvalue weighted by Gasteiger charge is -2.24. The maximum Gasteiger partial charge on any atom is 0.325 e. The second kappa shape index (κ2) is 9.06. The minimum absolute atomic E-state index is 0.370. The van der Waals surface area contributed by atoms with Crippen LogP contribution in [0.1, 0.15) is 23.6 Å². The van der Waals surface area contributed by atoms with Crippen LogP contribution in [0, 0.1) is 0 Å². The summed E-state index contributed by atoms with van der Waals surface area (Å²) in [5.41, 5.74) is 2.16. The van der Waals surface area contributed by atoms with Crippen LogP contribution in [0.15, 0.2) is 97.1 Å². The van der Waals surface area contributed by atoms with Gasteiger partial charge in [0.05, 0.1) is 0 Å². The lowest BCUT2D eigenvalue weighted by atomic mass is 9.88. The van der Waals surface area contributed by atoms with Gasteiger partial charge in [-0.15, -0.1) is 0 Å². The second-order valence-corrected chi connectivity index (χ2v) is 8.84. The van der Waals surface area contributed by atoms with E-state index in [4.69, 9.17) is 0 Å². The third kappa shape index (κ3) is 4.26. The number of hydrogen-bond donors (Lipinski definition) is 2. The summed E-state index contributed by atoms with van der Waals surface area (Å²) in [6, 6.07) is 30.3. The number of rotatable bonds is 6. The van der Waals surface area contributed by atoms with E-state index in [0.29, 0.717) is 17.7 Å². The predicted octanol–water partition coefficient (Wildman–Crippen LogP) is 4.84. The van der Waals surface area contributed by atoms with E-state index in [0.717, 1.165) is 26.8 Å². The van der Waals surface area contributed by atoms with Crippen LogP contribution in [0.3, 0.4) is 0 Å². The summed E-state index contributed by atoms with van der Waals surface area (Å²) >= 11 is 0. The smallest absolute Gasteiger partial charge is 0.324 e. The molecule has 0 aromatic heterocycles. The highest BCUT2D eigenvalue weighted by molar-refractivity contribution is 6.11. The molecule has 1 unspecified atom stereocenters. The van der Waals surface area contributed by atoms with Crippen molar-refractivity contribution < 1.29 is 14.4 Å². The summed E-state index contributed by atoms with van der Waals surface area (Å²) in [6.07, 6.45) is 0.652. The van der Waals surface area contributed by atoms with E-state index < -0.39 is 23.4 Å². The Morgan fingerprint density at radius 2 is 1.54 bits per heavy atom. The van der Waals surface area contributed by atoms with Crippen LogP contribution in [0.2, 0.25) is 0 Å². The molecule has 0 saturated carbocycles. The third-order valence-electron chi connectivity index (χ3n) is 6.43. The van der Waals surface area contributed by atoms with Gasteiger partial charge in [-0.25, -0.2) is 4.79 Å². The number of nitrogens with zero attached hydrogens (tertiary/aromatic N) is 1. The van der Waals surface area contributed by atoms with Gasteiger partial charge in [-0.1, -0.05) is 91.0 Å². The molecule has 5 rings (SSSR count). The molecule has 0 bridgehead atoms. The lowest BCUT2D eigenvalue weighted by molar-refractivity contribution is -0.133. The zero-order valence-corrected chi connectivity index (χ0v) is 19.3. The monoisotopic (exact) mass is 463 g/mol. The van der Waals surface area contributed by atoms with E-state index in [2.05, 4.69) is 10.6 Å². The number of hydrogen-bond acceptors (Lipinski definition) is 3. The van der Waals surface area contributed by atoms with E-state index in [-0.39, 0.29) is 6.54 Å². The topological polar surface area (TPSA) is 78.5 Å². The maximum absolute atomic E-state index is 13.4. The quantitative estimate of drug-likeness (QED) is 0.402. The molecule has 1 heterocycles. The molecule has 1 saturated heterocycles. The predicted molar refractivity (Wildman–Crippen MR) is 136 cm³/mol. The average Bonchev–Trinajstić information content (AvgIpc) is 3.09. The van der Waals surface area contributed by atoms with Crippen molar-refractivity contribution in [2.75, 3.05) is 11.9 Å². The molecule has 35 heavy (non-hydrogen) atoms. The normalized spacial score (nSPS) is 17.5. The van der Waals surface area contributed by atoms with Gasteiger partial charge in [0.25, 0.3) is 5.91 Å². The van der Waals surface area contributed by atoms with E-state index >= 15 is 0 Å². The summed E-state index contributed by atoms with van der Waals surface area (Å²) in [4.78, 5) is 40.2. The van der Waals surface area contributed by atoms with Crippen LogP contribution in [0.5, 0.6) is 0 Å². The van der Waals surface area contributed by atoms with E-state index in [9.17, 15) is 14.4 Å². The van der Waals surface area contributed by atoms with Crippen LogP contribution in [-0.2, 0) is 21.5 Å². The van der Waals surface area contributed by atoms with Gasteiger partial charge in [0.2, 0.25) is 5.91 Å². The Hall–Kier alpha value is -4.45. The number of benzene rings is 4. The zero-order valence-electron chi connectivity index (χ0n) is 19.3. The fourth-order valence-corrected chi connectivity index (χ4v) is 4.63. The first-order valence-corrected chi connectivity index (χ1v) is 11.5. The Labute approximate surface area is 203 Å². The van der Waals surface area contributed by atoms with Gasteiger partial charge in [0, 0.05) is 5.69 Å². The van der Waals surface area contributed by atoms with Gasteiger partial charge in [-0.2, -0.15) is 0 Å². The summed E-state index contributed by atoms with van der Waals surface area (Å²) in [6.45, 7) is 1.31. The third-order valence-corrected chi connectivity index (χ3v) is 6.43. The van der Waals surface area contributed by atoms with Gasteiger partial charge in [-0.05, 0) is 46.9 Å².